The summed E-state index contributed by atoms with van der Waals surface area (Å²) >= 11 is 0. The quantitative estimate of drug-likeness (QED) is 0.896. The van der Waals surface area contributed by atoms with Crippen molar-refractivity contribution in [1.29, 1.82) is 0 Å². The fourth-order valence-corrected chi connectivity index (χ4v) is 2.74. The molecular weight excluding hydrogens is 264 g/mol. The lowest BCUT2D eigenvalue weighted by molar-refractivity contribution is -0.121. The van der Waals surface area contributed by atoms with E-state index in [1.807, 2.05) is 13.8 Å². The summed E-state index contributed by atoms with van der Waals surface area (Å²) in [6, 6.07) is 4.23. The molecule has 1 aromatic rings. The third-order valence-corrected chi connectivity index (χ3v) is 4.11. The number of amides is 1. The van der Waals surface area contributed by atoms with E-state index < -0.39 is 0 Å². The number of carbonyl (C=O) groups excluding carboxylic acids is 1. The second-order valence-corrected chi connectivity index (χ2v) is 6.14. The molecule has 0 saturated heterocycles. The van der Waals surface area contributed by atoms with Gasteiger partial charge in [-0.2, -0.15) is 0 Å². The van der Waals surface area contributed by atoms with Gasteiger partial charge in [-0.15, -0.1) is 0 Å². The third kappa shape index (κ3) is 3.38. The Hall–Kier alpha value is -1.55. The standard InChI is InChI=1S/C17H26N2O2/c1-5-15(20)19-14-6-7-21-17-11(4)8-12(9-13(14)17)16(18)10(2)3/h8-10,14,16H,5-7,18H2,1-4H3,(H,19,20). The molecule has 21 heavy (non-hydrogen) atoms. The molecule has 1 heterocycles. The maximum Gasteiger partial charge on any atom is 0.220 e. The Balaban J connectivity index is 2.38. The van der Waals surface area contributed by atoms with Crippen molar-refractivity contribution in [2.75, 3.05) is 6.61 Å². The molecule has 3 N–H and O–H groups in total. The molecule has 4 heteroatoms. The molecule has 0 spiro atoms. The molecule has 1 aromatic carbocycles. The lowest BCUT2D eigenvalue weighted by Gasteiger charge is -2.29. The van der Waals surface area contributed by atoms with Crippen molar-refractivity contribution in [3.63, 3.8) is 0 Å². The van der Waals surface area contributed by atoms with Gasteiger partial charge in [-0.3, -0.25) is 4.79 Å². The molecule has 1 aliphatic rings. The molecule has 0 aliphatic carbocycles. The van der Waals surface area contributed by atoms with Gasteiger partial charge in [0.15, 0.2) is 0 Å². The molecule has 2 unspecified atom stereocenters. The van der Waals surface area contributed by atoms with Crippen LogP contribution in [0.15, 0.2) is 12.1 Å². The van der Waals surface area contributed by atoms with Crippen LogP contribution in [0.4, 0.5) is 0 Å². The highest BCUT2D eigenvalue weighted by atomic mass is 16.5. The summed E-state index contributed by atoms with van der Waals surface area (Å²) in [4.78, 5) is 11.7. The molecule has 4 nitrogen and oxygen atoms in total. The second kappa shape index (κ2) is 6.48. The van der Waals surface area contributed by atoms with Crippen LogP contribution < -0.4 is 15.8 Å². The third-order valence-electron chi connectivity index (χ3n) is 4.11. The topological polar surface area (TPSA) is 64.3 Å². The van der Waals surface area contributed by atoms with Gasteiger partial charge >= 0.3 is 0 Å². The van der Waals surface area contributed by atoms with Crippen molar-refractivity contribution in [1.82, 2.24) is 5.32 Å². The first-order valence-corrected chi connectivity index (χ1v) is 7.76. The van der Waals surface area contributed by atoms with Crippen LogP contribution in [0.5, 0.6) is 5.75 Å². The average molecular weight is 290 g/mol. The van der Waals surface area contributed by atoms with Gasteiger partial charge in [-0.25, -0.2) is 0 Å². The van der Waals surface area contributed by atoms with Crippen LogP contribution in [0, 0.1) is 12.8 Å². The molecule has 2 rings (SSSR count). The Labute approximate surface area is 127 Å². The maximum atomic E-state index is 11.7. The van der Waals surface area contributed by atoms with E-state index in [0.717, 1.165) is 28.9 Å². The monoisotopic (exact) mass is 290 g/mol. The summed E-state index contributed by atoms with van der Waals surface area (Å²) in [5, 5.41) is 3.09. The molecule has 1 amide bonds. The summed E-state index contributed by atoms with van der Waals surface area (Å²) in [5.41, 5.74) is 9.55. The minimum absolute atomic E-state index is 0.00143. The van der Waals surface area contributed by atoms with Gasteiger partial charge in [0.2, 0.25) is 5.91 Å². The highest BCUT2D eigenvalue weighted by Gasteiger charge is 2.26. The molecule has 0 bridgehead atoms. The van der Waals surface area contributed by atoms with Crippen molar-refractivity contribution in [3.8, 4) is 5.75 Å². The molecule has 2 atom stereocenters. The molecule has 1 aliphatic heterocycles. The van der Waals surface area contributed by atoms with E-state index >= 15 is 0 Å². The van der Waals surface area contributed by atoms with Gasteiger partial charge < -0.3 is 15.8 Å². The fraction of sp³-hybridized carbons (Fsp3) is 0.588. The molecule has 0 radical (unpaired) electrons. The van der Waals surface area contributed by atoms with Gasteiger partial charge in [0.05, 0.1) is 12.6 Å². The van der Waals surface area contributed by atoms with Gasteiger partial charge in [-0.05, 0) is 30.0 Å². The first kappa shape index (κ1) is 15.8. The van der Waals surface area contributed by atoms with E-state index in [0.29, 0.717) is 18.9 Å². The van der Waals surface area contributed by atoms with Crippen LogP contribution in [0.2, 0.25) is 0 Å². The number of hydrogen-bond acceptors (Lipinski definition) is 3. The summed E-state index contributed by atoms with van der Waals surface area (Å²) in [7, 11) is 0. The predicted octanol–water partition coefficient (Wildman–Crippen LogP) is 3.00. The Bertz CT molecular complexity index is 526. The van der Waals surface area contributed by atoms with Crippen LogP contribution >= 0.6 is 0 Å². The van der Waals surface area contributed by atoms with E-state index in [2.05, 4.69) is 31.3 Å². The SMILES string of the molecule is CCC(=O)NC1CCOc2c(C)cc(C(N)C(C)C)cc21. The van der Waals surface area contributed by atoms with E-state index in [1.54, 1.807) is 0 Å². The minimum atomic E-state index is -0.00143. The van der Waals surface area contributed by atoms with Gasteiger partial charge in [-0.1, -0.05) is 26.8 Å². The zero-order valence-corrected chi connectivity index (χ0v) is 13.4. The number of fused-ring (bicyclic) bond motifs is 1. The van der Waals surface area contributed by atoms with Crippen LogP contribution in [0.1, 0.15) is 62.4 Å². The lowest BCUT2D eigenvalue weighted by atomic mass is 9.89. The van der Waals surface area contributed by atoms with Crippen molar-refractivity contribution in [2.24, 2.45) is 11.7 Å². The Morgan fingerprint density at radius 1 is 1.48 bits per heavy atom. The number of ether oxygens (including phenoxy) is 1. The highest BCUT2D eigenvalue weighted by Crippen LogP contribution is 2.37. The first-order valence-electron chi connectivity index (χ1n) is 7.76. The van der Waals surface area contributed by atoms with Crippen molar-refractivity contribution >= 4 is 5.91 Å². The molecule has 0 aromatic heterocycles. The maximum absolute atomic E-state index is 11.7. The predicted molar refractivity (Wildman–Crippen MR) is 84.2 cm³/mol. The summed E-state index contributed by atoms with van der Waals surface area (Å²) in [6.07, 6.45) is 1.30. The molecular formula is C17H26N2O2. The normalized spacial score (nSPS) is 18.9. The Morgan fingerprint density at radius 2 is 2.19 bits per heavy atom. The van der Waals surface area contributed by atoms with Gasteiger partial charge in [0, 0.05) is 24.4 Å². The number of hydrogen-bond donors (Lipinski definition) is 2. The average Bonchev–Trinajstić information content (AvgIpc) is 2.46. The number of aryl methyl sites for hydroxylation is 1. The zero-order chi connectivity index (χ0) is 15.6. The molecule has 0 fully saturated rings. The second-order valence-electron chi connectivity index (χ2n) is 6.14. The van der Waals surface area contributed by atoms with E-state index in [-0.39, 0.29) is 18.0 Å². The van der Waals surface area contributed by atoms with Crippen molar-refractivity contribution in [2.45, 2.75) is 52.6 Å². The molecule has 116 valence electrons. The number of nitrogens with one attached hydrogen (secondary N) is 1. The van der Waals surface area contributed by atoms with Crippen molar-refractivity contribution in [3.05, 3.63) is 28.8 Å². The van der Waals surface area contributed by atoms with Gasteiger partial charge in [0.25, 0.3) is 0 Å². The minimum Gasteiger partial charge on any atom is -0.493 e. The molecule has 0 saturated carbocycles. The number of carbonyl (C=O) groups is 1. The fourth-order valence-electron chi connectivity index (χ4n) is 2.74. The highest BCUT2D eigenvalue weighted by molar-refractivity contribution is 5.76. The van der Waals surface area contributed by atoms with Crippen LogP contribution in [0.25, 0.3) is 0 Å². The largest absolute Gasteiger partial charge is 0.493 e. The number of nitrogens with two attached hydrogens (primary N) is 1. The Kier molecular flexibility index (Phi) is 4.88. The summed E-state index contributed by atoms with van der Waals surface area (Å²) < 4.78 is 5.80. The lowest BCUT2D eigenvalue weighted by Crippen LogP contribution is -2.32. The smallest absolute Gasteiger partial charge is 0.220 e. The van der Waals surface area contributed by atoms with E-state index in [4.69, 9.17) is 10.5 Å². The summed E-state index contributed by atoms with van der Waals surface area (Å²) in [5.74, 6) is 1.35. The Morgan fingerprint density at radius 3 is 2.81 bits per heavy atom. The number of rotatable bonds is 4. The van der Waals surface area contributed by atoms with E-state index in [1.165, 1.54) is 0 Å². The number of benzene rings is 1. The van der Waals surface area contributed by atoms with Gasteiger partial charge in [0.1, 0.15) is 5.75 Å². The zero-order valence-electron chi connectivity index (χ0n) is 13.4. The van der Waals surface area contributed by atoms with Crippen LogP contribution in [-0.2, 0) is 4.79 Å². The van der Waals surface area contributed by atoms with Crippen molar-refractivity contribution < 1.29 is 9.53 Å². The van der Waals surface area contributed by atoms with Crippen LogP contribution in [0.3, 0.4) is 0 Å². The van der Waals surface area contributed by atoms with E-state index in [9.17, 15) is 4.79 Å². The summed E-state index contributed by atoms with van der Waals surface area (Å²) in [6.45, 7) is 8.78. The first-order chi connectivity index (χ1) is 9.93. The van der Waals surface area contributed by atoms with Crippen LogP contribution in [-0.4, -0.2) is 12.5 Å².